The molecule has 0 aliphatic rings. The molecule has 2 N–H and O–H groups in total. The van der Waals surface area contributed by atoms with E-state index >= 15 is 0 Å². The number of hydrogen-bond acceptors (Lipinski definition) is 6. The van der Waals surface area contributed by atoms with Crippen molar-refractivity contribution in [1.82, 2.24) is 9.97 Å². The zero-order valence-corrected chi connectivity index (χ0v) is 12.7. The van der Waals surface area contributed by atoms with E-state index < -0.39 is 0 Å². The summed E-state index contributed by atoms with van der Waals surface area (Å²) in [5, 5.41) is 9.54. The van der Waals surface area contributed by atoms with Gasteiger partial charge in [-0.3, -0.25) is 0 Å². The second-order valence-electron chi connectivity index (χ2n) is 4.42. The van der Waals surface area contributed by atoms with Crippen molar-refractivity contribution in [2.45, 2.75) is 6.92 Å². The minimum Gasteiger partial charge on any atom is -0.497 e. The molecule has 0 saturated carbocycles. The van der Waals surface area contributed by atoms with Crippen LogP contribution in [0.1, 0.15) is 6.92 Å². The van der Waals surface area contributed by atoms with Crippen molar-refractivity contribution >= 4 is 39.0 Å². The molecule has 0 unspecified atom stereocenters. The standard InChI is InChI=1S/C15H16N4OS/c1-3-16-15-18-13(12-7-8-21-14(12)19-15)17-10-5-4-6-11(9-10)20-2/h4-9H,3H2,1-2H3,(H2,16,17,18,19). The van der Waals surface area contributed by atoms with Crippen LogP contribution in [0.2, 0.25) is 0 Å². The Morgan fingerprint density at radius 1 is 1.24 bits per heavy atom. The molecule has 0 amide bonds. The Bertz CT molecular complexity index is 756. The highest BCUT2D eigenvalue weighted by atomic mass is 32.1. The molecule has 1 aromatic carbocycles. The van der Waals surface area contributed by atoms with Gasteiger partial charge in [-0.1, -0.05) is 6.07 Å². The summed E-state index contributed by atoms with van der Waals surface area (Å²) in [6.07, 6.45) is 0. The monoisotopic (exact) mass is 300 g/mol. The summed E-state index contributed by atoms with van der Waals surface area (Å²) < 4.78 is 5.24. The van der Waals surface area contributed by atoms with Crippen molar-refractivity contribution < 1.29 is 4.74 Å². The van der Waals surface area contributed by atoms with Gasteiger partial charge < -0.3 is 15.4 Å². The normalized spacial score (nSPS) is 10.6. The molecule has 21 heavy (non-hydrogen) atoms. The highest BCUT2D eigenvalue weighted by Gasteiger charge is 2.09. The molecule has 0 bridgehead atoms. The first-order valence-corrected chi connectivity index (χ1v) is 7.58. The number of ether oxygens (including phenoxy) is 1. The van der Waals surface area contributed by atoms with Crippen LogP contribution in [0, 0.1) is 0 Å². The van der Waals surface area contributed by atoms with Gasteiger partial charge in [0.05, 0.1) is 12.5 Å². The van der Waals surface area contributed by atoms with E-state index in [9.17, 15) is 0 Å². The van der Waals surface area contributed by atoms with E-state index in [1.807, 2.05) is 42.6 Å². The van der Waals surface area contributed by atoms with Gasteiger partial charge in [0.1, 0.15) is 16.4 Å². The Hall–Kier alpha value is -2.34. The van der Waals surface area contributed by atoms with Gasteiger partial charge in [0, 0.05) is 18.3 Å². The third-order valence-corrected chi connectivity index (χ3v) is 3.80. The molecule has 2 aromatic heterocycles. The van der Waals surface area contributed by atoms with Crippen molar-refractivity contribution in [1.29, 1.82) is 0 Å². The van der Waals surface area contributed by atoms with Crippen molar-refractivity contribution in [2.24, 2.45) is 0 Å². The highest BCUT2D eigenvalue weighted by Crippen LogP contribution is 2.29. The maximum Gasteiger partial charge on any atom is 0.226 e. The van der Waals surface area contributed by atoms with Gasteiger partial charge in [-0.2, -0.15) is 4.98 Å². The summed E-state index contributed by atoms with van der Waals surface area (Å²) in [4.78, 5) is 10.0. The van der Waals surface area contributed by atoms with Gasteiger partial charge in [-0.25, -0.2) is 4.98 Å². The SMILES string of the molecule is CCNc1nc(Nc2cccc(OC)c2)c2ccsc2n1. The lowest BCUT2D eigenvalue weighted by Gasteiger charge is -2.10. The maximum atomic E-state index is 5.24. The van der Waals surface area contributed by atoms with E-state index in [1.54, 1.807) is 18.4 Å². The summed E-state index contributed by atoms with van der Waals surface area (Å²) in [6, 6.07) is 9.80. The zero-order valence-electron chi connectivity index (χ0n) is 11.9. The molecule has 0 aliphatic carbocycles. The molecule has 0 atom stereocenters. The molecule has 5 nitrogen and oxygen atoms in total. The molecule has 3 aromatic rings. The number of nitrogens with zero attached hydrogens (tertiary/aromatic N) is 2. The van der Waals surface area contributed by atoms with Crippen LogP contribution in [0.5, 0.6) is 5.75 Å². The summed E-state index contributed by atoms with van der Waals surface area (Å²) in [5.41, 5.74) is 0.933. The number of benzene rings is 1. The lowest BCUT2D eigenvalue weighted by atomic mass is 10.3. The third kappa shape index (κ3) is 2.90. The molecule has 3 rings (SSSR count). The third-order valence-electron chi connectivity index (χ3n) is 2.99. The number of hydrogen-bond donors (Lipinski definition) is 2. The molecule has 2 heterocycles. The first-order valence-electron chi connectivity index (χ1n) is 6.70. The van der Waals surface area contributed by atoms with Crippen molar-refractivity contribution in [3.8, 4) is 5.75 Å². The fraction of sp³-hybridized carbons (Fsp3) is 0.200. The van der Waals surface area contributed by atoms with Crippen LogP contribution >= 0.6 is 11.3 Å². The number of methoxy groups -OCH3 is 1. The summed E-state index contributed by atoms with van der Waals surface area (Å²) >= 11 is 1.60. The Labute approximate surface area is 127 Å². The molecule has 0 saturated heterocycles. The maximum absolute atomic E-state index is 5.24. The Morgan fingerprint density at radius 2 is 2.14 bits per heavy atom. The van der Waals surface area contributed by atoms with Gasteiger partial charge in [-0.05, 0) is 30.5 Å². The molecule has 0 radical (unpaired) electrons. The van der Waals surface area contributed by atoms with E-state index in [-0.39, 0.29) is 0 Å². The number of thiophene rings is 1. The minimum atomic E-state index is 0.637. The summed E-state index contributed by atoms with van der Waals surface area (Å²) in [7, 11) is 1.66. The van der Waals surface area contributed by atoms with E-state index in [1.165, 1.54) is 0 Å². The Morgan fingerprint density at radius 3 is 2.95 bits per heavy atom. The fourth-order valence-electron chi connectivity index (χ4n) is 2.03. The van der Waals surface area contributed by atoms with E-state index in [0.717, 1.165) is 34.0 Å². The van der Waals surface area contributed by atoms with Crippen LogP contribution in [-0.2, 0) is 0 Å². The average Bonchev–Trinajstić information content (AvgIpc) is 2.96. The first-order chi connectivity index (χ1) is 10.3. The predicted molar refractivity (Wildman–Crippen MR) is 87.9 cm³/mol. The molecule has 0 fully saturated rings. The van der Waals surface area contributed by atoms with Crippen molar-refractivity contribution in [3.63, 3.8) is 0 Å². The minimum absolute atomic E-state index is 0.637. The second-order valence-corrected chi connectivity index (χ2v) is 5.32. The van der Waals surface area contributed by atoms with Crippen LogP contribution in [0.3, 0.4) is 0 Å². The van der Waals surface area contributed by atoms with Gasteiger partial charge in [-0.15, -0.1) is 11.3 Å². The van der Waals surface area contributed by atoms with Gasteiger partial charge in [0.25, 0.3) is 0 Å². The topological polar surface area (TPSA) is 59.1 Å². The van der Waals surface area contributed by atoms with Gasteiger partial charge >= 0.3 is 0 Å². The second kappa shape index (κ2) is 5.97. The molecular weight excluding hydrogens is 284 g/mol. The van der Waals surface area contributed by atoms with Gasteiger partial charge in [0.2, 0.25) is 5.95 Å². The summed E-state index contributed by atoms with van der Waals surface area (Å²) in [6.45, 7) is 2.81. The fourth-order valence-corrected chi connectivity index (χ4v) is 2.79. The Kier molecular flexibility index (Phi) is 3.87. The number of nitrogens with one attached hydrogen (secondary N) is 2. The summed E-state index contributed by atoms with van der Waals surface area (Å²) in [5.74, 6) is 2.24. The van der Waals surface area contributed by atoms with Crippen LogP contribution < -0.4 is 15.4 Å². The van der Waals surface area contributed by atoms with E-state index in [4.69, 9.17) is 4.74 Å². The van der Waals surface area contributed by atoms with Crippen LogP contribution in [0.15, 0.2) is 35.7 Å². The highest BCUT2D eigenvalue weighted by molar-refractivity contribution is 7.16. The van der Waals surface area contributed by atoms with Crippen LogP contribution in [0.4, 0.5) is 17.5 Å². The predicted octanol–water partition coefficient (Wildman–Crippen LogP) is 3.88. The molecule has 108 valence electrons. The zero-order chi connectivity index (χ0) is 14.7. The average molecular weight is 300 g/mol. The molecule has 0 spiro atoms. The lowest BCUT2D eigenvalue weighted by molar-refractivity contribution is 0.415. The van der Waals surface area contributed by atoms with Gasteiger partial charge in [0.15, 0.2) is 0 Å². The Balaban J connectivity index is 1.99. The molecular formula is C15H16N4OS. The van der Waals surface area contributed by atoms with Crippen molar-refractivity contribution in [3.05, 3.63) is 35.7 Å². The van der Waals surface area contributed by atoms with Crippen LogP contribution in [-0.4, -0.2) is 23.6 Å². The molecule has 6 heteroatoms. The van der Waals surface area contributed by atoms with Crippen LogP contribution in [0.25, 0.3) is 10.2 Å². The van der Waals surface area contributed by atoms with E-state index in [2.05, 4.69) is 20.6 Å². The number of anilines is 3. The first kappa shape index (κ1) is 13.6. The molecule has 0 aliphatic heterocycles. The number of fused-ring (bicyclic) bond motifs is 1. The largest absolute Gasteiger partial charge is 0.497 e. The lowest BCUT2D eigenvalue weighted by Crippen LogP contribution is -2.04. The van der Waals surface area contributed by atoms with Crippen molar-refractivity contribution in [2.75, 3.05) is 24.3 Å². The smallest absolute Gasteiger partial charge is 0.226 e. The van der Waals surface area contributed by atoms with E-state index in [0.29, 0.717) is 5.95 Å². The number of rotatable bonds is 5. The number of aromatic nitrogens is 2. The quantitative estimate of drug-likeness (QED) is 0.749.